The van der Waals surface area contributed by atoms with Gasteiger partial charge in [0.05, 0.1) is 5.92 Å². The van der Waals surface area contributed by atoms with Crippen LogP contribution in [-0.2, 0) is 4.79 Å². The third-order valence-electron chi connectivity index (χ3n) is 3.91. The first-order valence-corrected chi connectivity index (χ1v) is 7.09. The molecule has 1 saturated heterocycles. The van der Waals surface area contributed by atoms with Crippen molar-refractivity contribution in [1.29, 1.82) is 0 Å². The second-order valence-electron chi connectivity index (χ2n) is 5.47. The molecule has 1 aromatic heterocycles. The Bertz CT molecular complexity index is 705. The summed E-state index contributed by atoms with van der Waals surface area (Å²) >= 11 is 0. The molecule has 114 valence electrons. The van der Waals surface area contributed by atoms with Crippen molar-refractivity contribution in [2.45, 2.75) is 13.3 Å². The number of hydrogen-bond acceptors (Lipinski definition) is 4. The fraction of sp³-hybridized carbons (Fsp3) is 0.312. The number of amides is 1. The van der Waals surface area contributed by atoms with Gasteiger partial charge in [0.15, 0.2) is 17.8 Å². The van der Waals surface area contributed by atoms with Crippen LogP contribution in [0.15, 0.2) is 35.1 Å². The number of carbonyl (C=O) groups is 2. The zero-order valence-corrected chi connectivity index (χ0v) is 12.2. The molecule has 0 aliphatic carbocycles. The van der Waals surface area contributed by atoms with Gasteiger partial charge in [-0.1, -0.05) is 29.8 Å². The van der Waals surface area contributed by atoms with Gasteiger partial charge in [0.25, 0.3) is 5.91 Å². The Hall–Kier alpha value is -2.63. The molecule has 0 bridgehead atoms. The Kier molecular flexibility index (Phi) is 3.66. The summed E-state index contributed by atoms with van der Waals surface area (Å²) in [5, 5.41) is 9.03. The summed E-state index contributed by atoms with van der Waals surface area (Å²) in [7, 11) is 0. The van der Waals surface area contributed by atoms with E-state index in [9.17, 15) is 9.59 Å². The summed E-state index contributed by atoms with van der Waals surface area (Å²) in [6, 6.07) is 7.61. The second kappa shape index (κ2) is 5.63. The first-order chi connectivity index (χ1) is 10.6. The minimum atomic E-state index is -0.866. The number of aliphatic carboxylic acids is 1. The van der Waals surface area contributed by atoms with E-state index in [4.69, 9.17) is 9.52 Å². The van der Waals surface area contributed by atoms with Gasteiger partial charge >= 0.3 is 5.97 Å². The first kappa shape index (κ1) is 14.3. The number of benzene rings is 1. The maximum atomic E-state index is 12.5. The summed E-state index contributed by atoms with van der Waals surface area (Å²) < 4.78 is 5.37. The van der Waals surface area contributed by atoms with Gasteiger partial charge in [-0.15, -0.1) is 0 Å². The van der Waals surface area contributed by atoms with E-state index in [0.717, 1.165) is 11.1 Å². The van der Waals surface area contributed by atoms with Crippen LogP contribution in [0.1, 0.15) is 22.5 Å². The quantitative estimate of drug-likeness (QED) is 0.939. The lowest BCUT2D eigenvalue weighted by atomic mass is 10.1. The van der Waals surface area contributed by atoms with Gasteiger partial charge in [0, 0.05) is 18.7 Å². The third kappa shape index (κ3) is 2.59. The molecule has 1 N–H and O–H groups in total. The van der Waals surface area contributed by atoms with E-state index >= 15 is 0 Å². The van der Waals surface area contributed by atoms with Gasteiger partial charge in [-0.3, -0.25) is 9.59 Å². The Labute approximate surface area is 127 Å². The number of likely N-dealkylation sites (tertiary alicyclic amines) is 1. The minimum absolute atomic E-state index is 0.217. The highest BCUT2D eigenvalue weighted by Gasteiger charge is 2.33. The highest BCUT2D eigenvalue weighted by molar-refractivity contribution is 5.98. The number of hydrogen-bond donors (Lipinski definition) is 1. The van der Waals surface area contributed by atoms with Crippen molar-refractivity contribution < 1.29 is 19.1 Å². The van der Waals surface area contributed by atoms with Gasteiger partial charge < -0.3 is 14.4 Å². The average molecular weight is 300 g/mol. The predicted octanol–water partition coefficient (Wildman–Crippen LogP) is 2.20. The molecule has 0 unspecified atom stereocenters. The molecule has 3 rings (SSSR count). The van der Waals surface area contributed by atoms with Crippen LogP contribution in [0.4, 0.5) is 0 Å². The van der Waals surface area contributed by atoms with Crippen LogP contribution in [0.5, 0.6) is 0 Å². The maximum Gasteiger partial charge on any atom is 0.308 e. The smallest absolute Gasteiger partial charge is 0.308 e. The lowest BCUT2D eigenvalue weighted by molar-refractivity contribution is -0.141. The van der Waals surface area contributed by atoms with E-state index in [0.29, 0.717) is 18.7 Å². The Morgan fingerprint density at radius 3 is 2.68 bits per heavy atom. The van der Waals surface area contributed by atoms with Crippen molar-refractivity contribution >= 4 is 11.9 Å². The molecule has 0 saturated carbocycles. The molecular formula is C16H16N2O4. The summed E-state index contributed by atoms with van der Waals surface area (Å²) in [6.45, 7) is 2.62. The van der Waals surface area contributed by atoms with Gasteiger partial charge in [0.1, 0.15) is 0 Å². The van der Waals surface area contributed by atoms with Crippen molar-refractivity contribution in [3.8, 4) is 11.3 Å². The molecule has 2 heterocycles. The lowest BCUT2D eigenvalue weighted by Gasteiger charge is -2.14. The molecule has 1 aromatic carbocycles. The predicted molar refractivity (Wildman–Crippen MR) is 78.3 cm³/mol. The van der Waals surface area contributed by atoms with Crippen LogP contribution >= 0.6 is 0 Å². The van der Waals surface area contributed by atoms with Gasteiger partial charge in [-0.05, 0) is 13.3 Å². The molecule has 1 aliphatic heterocycles. The highest BCUT2D eigenvalue weighted by Crippen LogP contribution is 2.26. The summed E-state index contributed by atoms with van der Waals surface area (Å²) in [6.07, 6.45) is 1.71. The standard InChI is InChI=1S/C16H16N2O4/c1-10-2-4-11(5-3-10)14-13(17-9-22-14)15(19)18-7-6-12(8-18)16(20)21/h2-5,9,12H,6-8H2,1H3,(H,20,21)/t12-/m1/s1. The van der Waals surface area contributed by atoms with Gasteiger partial charge in [0.2, 0.25) is 0 Å². The van der Waals surface area contributed by atoms with Crippen LogP contribution in [0, 0.1) is 12.8 Å². The number of rotatable bonds is 3. The van der Waals surface area contributed by atoms with Crippen LogP contribution in [0.25, 0.3) is 11.3 Å². The van der Waals surface area contributed by atoms with Crippen molar-refractivity contribution in [3.05, 3.63) is 41.9 Å². The van der Waals surface area contributed by atoms with E-state index in [1.165, 1.54) is 11.3 Å². The molecule has 0 radical (unpaired) electrons. The number of nitrogens with zero attached hydrogens (tertiary/aromatic N) is 2. The summed E-state index contributed by atoms with van der Waals surface area (Å²) in [5.74, 6) is -1.23. The fourth-order valence-corrected chi connectivity index (χ4v) is 2.60. The maximum absolute atomic E-state index is 12.5. The minimum Gasteiger partial charge on any atom is -0.481 e. The van der Waals surface area contributed by atoms with Crippen molar-refractivity contribution in [2.75, 3.05) is 13.1 Å². The van der Waals surface area contributed by atoms with Crippen LogP contribution in [-0.4, -0.2) is 40.0 Å². The molecule has 2 aromatic rings. The largest absolute Gasteiger partial charge is 0.481 e. The number of aryl methyl sites for hydroxylation is 1. The zero-order chi connectivity index (χ0) is 15.7. The number of carbonyl (C=O) groups excluding carboxylic acids is 1. The first-order valence-electron chi connectivity index (χ1n) is 7.09. The third-order valence-corrected chi connectivity index (χ3v) is 3.91. The number of carboxylic acid groups (broad SMARTS) is 1. The van der Waals surface area contributed by atoms with E-state index in [1.807, 2.05) is 31.2 Å². The number of carboxylic acids is 1. The SMILES string of the molecule is Cc1ccc(-c2ocnc2C(=O)N2CC[C@@H](C(=O)O)C2)cc1. The Balaban J connectivity index is 1.84. The second-order valence-corrected chi connectivity index (χ2v) is 5.47. The van der Waals surface area contributed by atoms with E-state index in [2.05, 4.69) is 4.98 Å². The van der Waals surface area contributed by atoms with Crippen molar-refractivity contribution in [2.24, 2.45) is 5.92 Å². The highest BCUT2D eigenvalue weighted by atomic mass is 16.4. The van der Waals surface area contributed by atoms with Gasteiger partial charge in [-0.25, -0.2) is 4.98 Å². The van der Waals surface area contributed by atoms with E-state index < -0.39 is 11.9 Å². The van der Waals surface area contributed by atoms with Gasteiger partial charge in [-0.2, -0.15) is 0 Å². The zero-order valence-electron chi connectivity index (χ0n) is 12.2. The molecule has 0 spiro atoms. The van der Waals surface area contributed by atoms with E-state index in [-0.39, 0.29) is 18.1 Å². The van der Waals surface area contributed by atoms with Crippen LogP contribution < -0.4 is 0 Å². The Morgan fingerprint density at radius 1 is 1.32 bits per heavy atom. The molecule has 6 nitrogen and oxygen atoms in total. The Morgan fingerprint density at radius 2 is 2.05 bits per heavy atom. The summed E-state index contributed by atoms with van der Waals surface area (Å²) in [4.78, 5) is 29.1. The van der Waals surface area contributed by atoms with E-state index in [1.54, 1.807) is 0 Å². The topological polar surface area (TPSA) is 83.6 Å². The number of aromatic nitrogens is 1. The molecule has 1 fully saturated rings. The number of oxazole rings is 1. The molecule has 22 heavy (non-hydrogen) atoms. The molecule has 1 amide bonds. The summed E-state index contributed by atoms with van der Waals surface area (Å²) in [5.41, 5.74) is 2.12. The van der Waals surface area contributed by atoms with Crippen LogP contribution in [0.2, 0.25) is 0 Å². The monoisotopic (exact) mass is 300 g/mol. The lowest BCUT2D eigenvalue weighted by Crippen LogP contribution is -2.30. The van der Waals surface area contributed by atoms with Crippen LogP contribution in [0.3, 0.4) is 0 Å². The molecule has 1 aliphatic rings. The normalized spacial score (nSPS) is 17.7. The molecule has 6 heteroatoms. The average Bonchev–Trinajstić information content (AvgIpc) is 3.17. The fourth-order valence-electron chi connectivity index (χ4n) is 2.60. The molecule has 1 atom stereocenters. The van der Waals surface area contributed by atoms with Crippen molar-refractivity contribution in [1.82, 2.24) is 9.88 Å². The van der Waals surface area contributed by atoms with Crippen molar-refractivity contribution in [3.63, 3.8) is 0 Å². The molecular weight excluding hydrogens is 284 g/mol.